The number of carbonyl (C=O) groups is 4. The molecule has 4 amide bonds. The molecule has 8 heteroatoms. The minimum absolute atomic E-state index is 0.0188. The number of nitrogens with zero attached hydrogens (tertiary/aromatic N) is 1. The second kappa shape index (κ2) is 18.5. The van der Waals surface area contributed by atoms with E-state index in [0.29, 0.717) is 45.2 Å². The summed E-state index contributed by atoms with van der Waals surface area (Å²) in [7, 11) is 0. The van der Waals surface area contributed by atoms with E-state index in [-0.39, 0.29) is 53.8 Å². The van der Waals surface area contributed by atoms with E-state index in [2.05, 4.69) is 43.6 Å². The van der Waals surface area contributed by atoms with E-state index >= 15 is 0 Å². The zero-order chi connectivity index (χ0) is 31.0. The molecule has 2 aliphatic heterocycles. The number of rotatable bonds is 18. The fourth-order valence-electron chi connectivity index (χ4n) is 6.81. The average molecular weight is 591 g/mol. The van der Waals surface area contributed by atoms with Gasteiger partial charge in [-0.15, -0.1) is 0 Å². The van der Waals surface area contributed by atoms with Crippen LogP contribution in [0.2, 0.25) is 0 Å². The standard InChI is InChI=1S/C34H62N4O4/c1-6-9-11-12-13-14-15-20-33(4,5)26-31(41)38(28-19-16-22-35-29(39)24-28)34(21-17-23-36-30(40)25-34)37-32(42)27(8-3)18-10-7-2/h27-28H,6-26H2,1-5H3,(H,35,39)(H,36,40)(H,37,42)/t27-,28-,34-/m0/s1. The maximum Gasteiger partial charge on any atom is 0.225 e. The highest BCUT2D eigenvalue weighted by atomic mass is 16.2. The molecular weight excluding hydrogens is 528 g/mol. The number of hydrogen-bond donors (Lipinski definition) is 3. The second-order valence-corrected chi connectivity index (χ2v) is 13.7. The molecule has 0 aromatic heterocycles. The third kappa shape index (κ3) is 11.9. The average Bonchev–Trinajstić information content (AvgIpc) is 3.25. The molecule has 3 N–H and O–H groups in total. The van der Waals surface area contributed by atoms with Crippen molar-refractivity contribution in [2.45, 2.75) is 168 Å². The molecule has 2 fully saturated rings. The molecule has 42 heavy (non-hydrogen) atoms. The molecule has 2 heterocycles. The maximum atomic E-state index is 14.5. The van der Waals surface area contributed by atoms with Crippen LogP contribution < -0.4 is 16.0 Å². The van der Waals surface area contributed by atoms with Gasteiger partial charge in [0.15, 0.2) is 0 Å². The summed E-state index contributed by atoms with van der Waals surface area (Å²) < 4.78 is 0. The third-order valence-corrected chi connectivity index (χ3v) is 9.31. The van der Waals surface area contributed by atoms with Gasteiger partial charge in [-0.25, -0.2) is 0 Å². The molecule has 0 unspecified atom stereocenters. The lowest BCUT2D eigenvalue weighted by atomic mass is 9.81. The van der Waals surface area contributed by atoms with Crippen LogP contribution in [-0.4, -0.2) is 53.3 Å². The van der Waals surface area contributed by atoms with Crippen molar-refractivity contribution < 1.29 is 19.2 Å². The molecule has 3 atom stereocenters. The minimum Gasteiger partial charge on any atom is -0.356 e. The van der Waals surface area contributed by atoms with Gasteiger partial charge in [0.2, 0.25) is 23.6 Å². The minimum atomic E-state index is -1.14. The predicted octanol–water partition coefficient (Wildman–Crippen LogP) is 6.37. The van der Waals surface area contributed by atoms with Crippen molar-refractivity contribution in [1.82, 2.24) is 20.9 Å². The van der Waals surface area contributed by atoms with Crippen LogP contribution in [0.1, 0.15) is 157 Å². The van der Waals surface area contributed by atoms with Crippen LogP contribution in [0, 0.1) is 11.3 Å². The molecule has 8 nitrogen and oxygen atoms in total. The molecular formula is C34H62N4O4. The molecule has 2 aliphatic rings. The Morgan fingerprint density at radius 3 is 2.26 bits per heavy atom. The van der Waals surface area contributed by atoms with Gasteiger partial charge in [0.05, 0.1) is 6.42 Å². The SMILES string of the molecule is CCCCCCCCCC(C)(C)CC(=O)N([C@H]1CCCNC(=O)C1)[C@@]1(NC(=O)[C@@H](CC)CCCC)CCCNC(=O)C1. The number of nitrogens with one attached hydrogen (secondary N) is 3. The smallest absolute Gasteiger partial charge is 0.225 e. The molecule has 0 bridgehead atoms. The van der Waals surface area contributed by atoms with Crippen LogP contribution in [0.4, 0.5) is 0 Å². The second-order valence-electron chi connectivity index (χ2n) is 13.7. The van der Waals surface area contributed by atoms with Gasteiger partial charge >= 0.3 is 0 Å². The van der Waals surface area contributed by atoms with Gasteiger partial charge in [-0.05, 0) is 50.4 Å². The summed E-state index contributed by atoms with van der Waals surface area (Å²) in [6.07, 6.45) is 16.1. The van der Waals surface area contributed by atoms with Crippen LogP contribution in [0.15, 0.2) is 0 Å². The lowest BCUT2D eigenvalue weighted by molar-refractivity contribution is -0.152. The Labute approximate surface area is 256 Å². The molecule has 0 saturated carbocycles. The van der Waals surface area contributed by atoms with Gasteiger partial charge in [0, 0.05) is 37.9 Å². The Morgan fingerprint density at radius 1 is 0.929 bits per heavy atom. The highest BCUT2D eigenvalue weighted by molar-refractivity contribution is 5.86. The van der Waals surface area contributed by atoms with Gasteiger partial charge < -0.3 is 20.9 Å². The monoisotopic (exact) mass is 590 g/mol. The quantitative estimate of drug-likeness (QED) is 0.127. The lowest BCUT2D eigenvalue weighted by Gasteiger charge is -2.48. The summed E-state index contributed by atoms with van der Waals surface area (Å²) >= 11 is 0. The zero-order valence-corrected chi connectivity index (χ0v) is 27.6. The van der Waals surface area contributed by atoms with E-state index in [4.69, 9.17) is 0 Å². The highest BCUT2D eigenvalue weighted by Crippen LogP contribution is 2.36. The van der Waals surface area contributed by atoms with Crippen LogP contribution in [0.5, 0.6) is 0 Å². The molecule has 0 radical (unpaired) electrons. The number of amides is 4. The first-order valence-corrected chi connectivity index (χ1v) is 17.2. The summed E-state index contributed by atoms with van der Waals surface area (Å²) in [5.74, 6) is -0.548. The lowest BCUT2D eigenvalue weighted by Crippen LogP contribution is -2.67. The van der Waals surface area contributed by atoms with Crippen molar-refractivity contribution in [3.63, 3.8) is 0 Å². The molecule has 2 rings (SSSR count). The summed E-state index contributed by atoms with van der Waals surface area (Å²) in [4.78, 5) is 56.0. The number of unbranched alkanes of at least 4 members (excludes halogenated alkanes) is 7. The van der Waals surface area contributed by atoms with E-state index in [1.807, 2.05) is 11.8 Å². The van der Waals surface area contributed by atoms with Crippen molar-refractivity contribution >= 4 is 23.6 Å². The van der Waals surface area contributed by atoms with Crippen molar-refractivity contribution in [3.8, 4) is 0 Å². The molecule has 0 aromatic carbocycles. The fourth-order valence-corrected chi connectivity index (χ4v) is 6.81. The van der Waals surface area contributed by atoms with Gasteiger partial charge in [0.25, 0.3) is 0 Å². The van der Waals surface area contributed by atoms with Crippen LogP contribution in [-0.2, 0) is 19.2 Å². The van der Waals surface area contributed by atoms with E-state index in [9.17, 15) is 19.2 Å². The van der Waals surface area contributed by atoms with Crippen LogP contribution >= 0.6 is 0 Å². The van der Waals surface area contributed by atoms with Crippen molar-refractivity contribution in [3.05, 3.63) is 0 Å². The van der Waals surface area contributed by atoms with Gasteiger partial charge in [-0.1, -0.05) is 92.4 Å². The van der Waals surface area contributed by atoms with Crippen molar-refractivity contribution in [2.75, 3.05) is 13.1 Å². The predicted molar refractivity (Wildman–Crippen MR) is 170 cm³/mol. The van der Waals surface area contributed by atoms with Gasteiger partial charge in [-0.3, -0.25) is 19.2 Å². The molecule has 242 valence electrons. The first-order chi connectivity index (χ1) is 20.1. The van der Waals surface area contributed by atoms with Gasteiger partial charge in [-0.2, -0.15) is 0 Å². The Bertz CT molecular complexity index is 860. The first-order valence-electron chi connectivity index (χ1n) is 17.2. The maximum absolute atomic E-state index is 14.5. The summed E-state index contributed by atoms with van der Waals surface area (Å²) in [6.45, 7) is 11.8. The normalized spacial score (nSPS) is 22.4. The first kappa shape index (κ1) is 36.1. The van der Waals surface area contributed by atoms with E-state index in [1.165, 1.54) is 38.5 Å². The number of hydrogen-bond acceptors (Lipinski definition) is 4. The Morgan fingerprint density at radius 2 is 1.57 bits per heavy atom. The highest BCUT2D eigenvalue weighted by Gasteiger charge is 2.48. The third-order valence-electron chi connectivity index (χ3n) is 9.31. The Hall–Kier alpha value is -2.12. The molecule has 0 aliphatic carbocycles. The van der Waals surface area contributed by atoms with Crippen LogP contribution in [0.3, 0.4) is 0 Å². The van der Waals surface area contributed by atoms with E-state index in [1.54, 1.807) is 0 Å². The Kier molecular flexibility index (Phi) is 15.9. The van der Waals surface area contributed by atoms with Crippen molar-refractivity contribution in [2.24, 2.45) is 11.3 Å². The molecule has 0 spiro atoms. The summed E-state index contributed by atoms with van der Waals surface area (Å²) in [5.41, 5.74) is -1.37. The summed E-state index contributed by atoms with van der Waals surface area (Å²) in [5, 5.41) is 9.23. The molecule has 2 saturated heterocycles. The number of carbonyl (C=O) groups excluding carboxylic acids is 4. The van der Waals surface area contributed by atoms with Crippen molar-refractivity contribution in [1.29, 1.82) is 0 Å². The zero-order valence-electron chi connectivity index (χ0n) is 27.6. The molecule has 0 aromatic rings. The van der Waals surface area contributed by atoms with Crippen LogP contribution in [0.25, 0.3) is 0 Å². The van der Waals surface area contributed by atoms with E-state index < -0.39 is 5.66 Å². The van der Waals surface area contributed by atoms with Gasteiger partial charge in [0.1, 0.15) is 5.66 Å². The summed E-state index contributed by atoms with van der Waals surface area (Å²) in [6, 6.07) is -0.365. The largest absolute Gasteiger partial charge is 0.356 e. The van der Waals surface area contributed by atoms with E-state index in [0.717, 1.165) is 38.5 Å². The fraction of sp³-hybridized carbons (Fsp3) is 0.882. The topological polar surface area (TPSA) is 108 Å². The Balaban J connectivity index is 2.36.